The summed E-state index contributed by atoms with van der Waals surface area (Å²) in [5.74, 6) is 0.243. The Balaban J connectivity index is 1.80. The van der Waals surface area contributed by atoms with Crippen LogP contribution in [0.15, 0.2) is 30.3 Å². The zero-order chi connectivity index (χ0) is 11.0. The molecule has 1 aromatic carbocycles. The van der Waals surface area contributed by atoms with Gasteiger partial charge in [-0.2, -0.15) is 0 Å². The van der Waals surface area contributed by atoms with E-state index >= 15 is 0 Å². The number of carbonyl (C=O) groups excluding carboxylic acids is 1. The minimum Gasteiger partial charge on any atom is -0.330 e. The summed E-state index contributed by atoms with van der Waals surface area (Å²) >= 11 is 0. The molecular formula is C13H16N2O. The Bertz CT molecular complexity index is 398. The monoisotopic (exact) mass is 216 g/mol. The molecule has 1 saturated heterocycles. The molecule has 2 fully saturated rings. The van der Waals surface area contributed by atoms with Crippen LogP contribution in [-0.2, 0) is 11.3 Å². The lowest BCUT2D eigenvalue weighted by Crippen LogP contribution is -2.56. The van der Waals surface area contributed by atoms with Crippen LogP contribution < -0.4 is 5.32 Å². The normalized spacial score (nSPS) is 22.5. The molecule has 3 nitrogen and oxygen atoms in total. The van der Waals surface area contributed by atoms with Gasteiger partial charge < -0.3 is 10.2 Å². The Kier molecular flexibility index (Phi) is 2.21. The van der Waals surface area contributed by atoms with Crippen molar-refractivity contribution in [1.29, 1.82) is 0 Å². The van der Waals surface area contributed by atoms with Crippen molar-refractivity contribution in [3.8, 4) is 0 Å². The molecule has 3 rings (SSSR count). The van der Waals surface area contributed by atoms with Crippen molar-refractivity contribution in [3.63, 3.8) is 0 Å². The topological polar surface area (TPSA) is 32.3 Å². The Labute approximate surface area is 95.4 Å². The molecule has 3 heteroatoms. The number of piperazine rings is 1. The van der Waals surface area contributed by atoms with Crippen molar-refractivity contribution >= 4 is 5.91 Å². The molecule has 0 unspecified atom stereocenters. The van der Waals surface area contributed by atoms with Crippen molar-refractivity contribution in [3.05, 3.63) is 35.9 Å². The molecule has 1 heterocycles. The molecule has 1 spiro atoms. The maximum absolute atomic E-state index is 11.9. The lowest BCUT2D eigenvalue weighted by molar-refractivity contribution is -0.136. The van der Waals surface area contributed by atoms with Gasteiger partial charge in [-0.05, 0) is 18.4 Å². The van der Waals surface area contributed by atoms with E-state index in [0.29, 0.717) is 6.54 Å². The van der Waals surface area contributed by atoms with Crippen molar-refractivity contribution in [1.82, 2.24) is 10.2 Å². The predicted molar refractivity (Wildman–Crippen MR) is 61.8 cm³/mol. The van der Waals surface area contributed by atoms with E-state index in [1.54, 1.807) is 0 Å². The van der Waals surface area contributed by atoms with Crippen LogP contribution in [0.3, 0.4) is 0 Å². The lowest BCUT2D eigenvalue weighted by Gasteiger charge is -2.36. The van der Waals surface area contributed by atoms with Crippen molar-refractivity contribution in [2.75, 3.05) is 13.1 Å². The summed E-state index contributed by atoms with van der Waals surface area (Å²) in [6.07, 6.45) is 2.30. The molecule has 0 aromatic heterocycles. The van der Waals surface area contributed by atoms with Gasteiger partial charge in [0, 0.05) is 13.1 Å². The minimum absolute atomic E-state index is 0.144. The van der Waals surface area contributed by atoms with E-state index in [9.17, 15) is 4.79 Å². The number of nitrogens with one attached hydrogen (secondary N) is 1. The summed E-state index contributed by atoms with van der Waals surface area (Å²) in [7, 11) is 0. The van der Waals surface area contributed by atoms with Crippen LogP contribution in [0.1, 0.15) is 18.4 Å². The molecule has 1 aromatic rings. The van der Waals surface area contributed by atoms with E-state index in [2.05, 4.69) is 22.3 Å². The van der Waals surface area contributed by atoms with Crippen LogP contribution in [0.25, 0.3) is 0 Å². The predicted octanol–water partition coefficient (Wildman–Crippen LogP) is 1.15. The second kappa shape index (κ2) is 3.59. The summed E-state index contributed by atoms with van der Waals surface area (Å²) in [6.45, 7) is 2.22. The van der Waals surface area contributed by atoms with E-state index in [-0.39, 0.29) is 11.4 Å². The summed E-state index contributed by atoms with van der Waals surface area (Å²) in [5.41, 5.74) is 1.37. The second-order valence-electron chi connectivity index (χ2n) is 4.79. The van der Waals surface area contributed by atoms with Crippen LogP contribution in [-0.4, -0.2) is 29.4 Å². The largest absolute Gasteiger partial charge is 0.330 e. The number of nitrogens with zero attached hydrogens (tertiary/aromatic N) is 1. The van der Waals surface area contributed by atoms with Gasteiger partial charge >= 0.3 is 0 Å². The zero-order valence-corrected chi connectivity index (χ0v) is 9.28. The van der Waals surface area contributed by atoms with Gasteiger partial charge in [0.2, 0.25) is 5.91 Å². The van der Waals surface area contributed by atoms with Crippen molar-refractivity contribution in [2.24, 2.45) is 0 Å². The molecule has 1 aliphatic carbocycles. The van der Waals surface area contributed by atoms with E-state index in [4.69, 9.17) is 0 Å². The van der Waals surface area contributed by atoms with Gasteiger partial charge in [-0.1, -0.05) is 30.3 Å². The van der Waals surface area contributed by atoms with E-state index < -0.39 is 0 Å². The van der Waals surface area contributed by atoms with Crippen LogP contribution >= 0.6 is 0 Å². The zero-order valence-electron chi connectivity index (χ0n) is 9.28. The van der Waals surface area contributed by atoms with Crippen LogP contribution in [0.5, 0.6) is 0 Å². The molecule has 1 amide bonds. The quantitative estimate of drug-likeness (QED) is 0.804. The maximum Gasteiger partial charge on any atom is 0.237 e. The van der Waals surface area contributed by atoms with Crippen LogP contribution in [0.4, 0.5) is 0 Å². The summed E-state index contributed by atoms with van der Waals surface area (Å²) in [5, 5.41) is 3.21. The van der Waals surface area contributed by atoms with Gasteiger partial charge in [-0.25, -0.2) is 0 Å². The first kappa shape index (κ1) is 9.85. The third-order valence-corrected chi connectivity index (χ3v) is 3.61. The van der Waals surface area contributed by atoms with Gasteiger partial charge in [-0.15, -0.1) is 0 Å². The molecule has 84 valence electrons. The summed E-state index contributed by atoms with van der Waals surface area (Å²) < 4.78 is 0. The molecule has 0 atom stereocenters. The van der Waals surface area contributed by atoms with Crippen molar-refractivity contribution in [2.45, 2.75) is 24.9 Å². The molecule has 2 aliphatic rings. The highest BCUT2D eigenvalue weighted by atomic mass is 16.2. The number of amides is 1. The fraction of sp³-hybridized carbons (Fsp3) is 0.462. The van der Waals surface area contributed by atoms with Crippen molar-refractivity contribution < 1.29 is 4.79 Å². The van der Waals surface area contributed by atoms with Crippen LogP contribution in [0, 0.1) is 0 Å². The first-order chi connectivity index (χ1) is 7.80. The molecule has 1 aliphatic heterocycles. The van der Waals surface area contributed by atoms with E-state index in [1.165, 1.54) is 5.56 Å². The summed E-state index contributed by atoms with van der Waals surface area (Å²) in [4.78, 5) is 14.0. The Morgan fingerprint density at radius 3 is 2.69 bits per heavy atom. The number of hydrogen-bond donors (Lipinski definition) is 1. The second-order valence-corrected chi connectivity index (χ2v) is 4.79. The average Bonchev–Trinajstić information content (AvgIpc) is 3.06. The Hall–Kier alpha value is -1.35. The van der Waals surface area contributed by atoms with Crippen LogP contribution in [0.2, 0.25) is 0 Å². The Morgan fingerprint density at radius 1 is 1.25 bits per heavy atom. The highest BCUT2D eigenvalue weighted by Crippen LogP contribution is 2.43. The lowest BCUT2D eigenvalue weighted by atomic mass is 10.1. The molecule has 1 N–H and O–H groups in total. The number of hydrogen-bond acceptors (Lipinski definition) is 2. The number of carbonyl (C=O) groups is 1. The molecule has 0 bridgehead atoms. The standard InChI is InChI=1S/C13H16N2O/c16-12-8-14-10-13(6-7-13)15(12)9-11-4-2-1-3-5-11/h1-5,14H,6-10H2. The first-order valence-corrected chi connectivity index (χ1v) is 5.85. The molecular weight excluding hydrogens is 200 g/mol. The SMILES string of the molecule is O=C1CNCC2(CC2)N1Cc1ccccc1. The smallest absolute Gasteiger partial charge is 0.237 e. The maximum atomic E-state index is 11.9. The Morgan fingerprint density at radius 2 is 2.00 bits per heavy atom. The van der Waals surface area contributed by atoms with Gasteiger partial charge in [0.15, 0.2) is 0 Å². The molecule has 1 saturated carbocycles. The fourth-order valence-corrected chi connectivity index (χ4v) is 2.47. The molecule has 16 heavy (non-hydrogen) atoms. The highest BCUT2D eigenvalue weighted by molar-refractivity contribution is 5.80. The van der Waals surface area contributed by atoms with Gasteiger partial charge in [-0.3, -0.25) is 4.79 Å². The number of benzene rings is 1. The average molecular weight is 216 g/mol. The minimum atomic E-state index is 0.144. The third-order valence-electron chi connectivity index (χ3n) is 3.61. The number of rotatable bonds is 2. The summed E-state index contributed by atoms with van der Waals surface area (Å²) in [6, 6.07) is 10.2. The fourth-order valence-electron chi connectivity index (χ4n) is 2.47. The molecule has 0 radical (unpaired) electrons. The highest BCUT2D eigenvalue weighted by Gasteiger charge is 2.51. The van der Waals surface area contributed by atoms with E-state index in [0.717, 1.165) is 25.9 Å². The first-order valence-electron chi connectivity index (χ1n) is 5.85. The van der Waals surface area contributed by atoms with Gasteiger partial charge in [0.25, 0.3) is 0 Å². The van der Waals surface area contributed by atoms with E-state index in [1.807, 2.05) is 18.2 Å². The third kappa shape index (κ3) is 1.61. The van der Waals surface area contributed by atoms with Gasteiger partial charge in [0.1, 0.15) is 0 Å². The van der Waals surface area contributed by atoms with Gasteiger partial charge in [0.05, 0.1) is 12.1 Å².